The van der Waals surface area contributed by atoms with Crippen LogP contribution in [-0.2, 0) is 11.5 Å². The van der Waals surface area contributed by atoms with Gasteiger partial charge in [-0.1, -0.05) is 32.1 Å². The van der Waals surface area contributed by atoms with Gasteiger partial charge in [-0.25, -0.2) is 30.7 Å². The van der Waals surface area contributed by atoms with E-state index in [-0.39, 0.29) is 17.7 Å². The highest BCUT2D eigenvalue weighted by Gasteiger charge is 2.40. The van der Waals surface area contributed by atoms with Crippen LogP contribution < -0.4 is 4.74 Å². The molecule has 1 nitrogen and oxygen atoms in total. The van der Waals surface area contributed by atoms with Crippen LogP contribution in [0.1, 0.15) is 37.8 Å². The Bertz CT molecular complexity index is 1350. The maximum absolute atomic E-state index is 15.0. The highest BCUT2D eigenvalue weighted by Crippen LogP contribution is 2.41. The molecule has 0 aromatic heterocycles. The number of hydrogen-bond acceptors (Lipinski definition) is 1. The van der Waals surface area contributed by atoms with E-state index >= 15 is 8.78 Å². The first-order chi connectivity index (χ1) is 17.2. The molecule has 3 aromatic carbocycles. The molecule has 0 N–H and O–H groups in total. The number of halogens is 9. The van der Waals surface area contributed by atoms with Crippen LogP contribution in [0, 0.1) is 46.6 Å². The minimum Gasteiger partial charge on any atom is -0.429 e. The Kier molecular flexibility index (Phi) is 6.81. The molecule has 0 saturated heterocycles. The third-order valence-corrected chi connectivity index (χ3v) is 6.48. The summed E-state index contributed by atoms with van der Waals surface area (Å²) in [5.41, 5.74) is -4.07. The largest absolute Gasteiger partial charge is 0.429 e. The van der Waals surface area contributed by atoms with E-state index in [1.165, 1.54) is 0 Å². The summed E-state index contributed by atoms with van der Waals surface area (Å²) < 4.78 is 132. The third-order valence-electron chi connectivity index (χ3n) is 6.48. The molecule has 3 aromatic rings. The van der Waals surface area contributed by atoms with E-state index in [1.54, 1.807) is 6.92 Å². The number of hydrogen-bond donors (Lipinski definition) is 0. The average molecular weight is 530 g/mol. The summed E-state index contributed by atoms with van der Waals surface area (Å²) in [5, 5.41) is 0. The van der Waals surface area contributed by atoms with Gasteiger partial charge >= 0.3 is 6.11 Å². The van der Waals surface area contributed by atoms with Crippen LogP contribution in [0.3, 0.4) is 0 Å². The first kappa shape index (κ1) is 26.6. The summed E-state index contributed by atoms with van der Waals surface area (Å²) in [6.07, 6.45) is 0.410. The van der Waals surface area contributed by atoms with Crippen molar-refractivity contribution in [1.29, 1.82) is 0 Å². The lowest BCUT2D eigenvalue weighted by Crippen LogP contribution is -2.25. The summed E-state index contributed by atoms with van der Waals surface area (Å²) >= 11 is 0. The summed E-state index contributed by atoms with van der Waals surface area (Å²) in [7, 11) is 0. The van der Waals surface area contributed by atoms with Gasteiger partial charge in [-0.2, -0.15) is 8.78 Å². The van der Waals surface area contributed by atoms with Gasteiger partial charge < -0.3 is 4.74 Å². The van der Waals surface area contributed by atoms with Gasteiger partial charge in [0.2, 0.25) is 0 Å². The van der Waals surface area contributed by atoms with Crippen LogP contribution >= 0.6 is 0 Å². The average Bonchev–Trinajstić information content (AvgIpc) is 2.81. The van der Waals surface area contributed by atoms with E-state index in [4.69, 9.17) is 0 Å². The molecule has 0 bridgehead atoms. The number of alkyl halides is 2. The smallest absolute Gasteiger partial charge is 0.429 e. The molecular formula is C27H19F9O. The fourth-order valence-electron chi connectivity index (χ4n) is 4.25. The summed E-state index contributed by atoms with van der Waals surface area (Å²) in [5.74, 6) is -13.2. The van der Waals surface area contributed by atoms with E-state index in [2.05, 4.69) is 4.74 Å². The predicted octanol–water partition coefficient (Wildman–Crippen LogP) is 8.70. The van der Waals surface area contributed by atoms with Crippen molar-refractivity contribution in [2.75, 3.05) is 0 Å². The Morgan fingerprint density at radius 2 is 1.41 bits per heavy atom. The molecule has 0 spiro atoms. The number of allylic oxidation sites excluding steroid dienone is 2. The Hall–Kier alpha value is -3.43. The Morgan fingerprint density at radius 3 is 1.95 bits per heavy atom. The second kappa shape index (κ2) is 9.46. The van der Waals surface area contributed by atoms with Crippen molar-refractivity contribution in [2.24, 2.45) is 5.92 Å². The van der Waals surface area contributed by atoms with Gasteiger partial charge in [0.1, 0.15) is 22.9 Å². The lowest BCUT2D eigenvalue weighted by Gasteiger charge is -2.32. The molecule has 1 unspecified atom stereocenters. The second-order valence-corrected chi connectivity index (χ2v) is 9.22. The molecule has 0 saturated carbocycles. The molecule has 0 amide bonds. The maximum Gasteiger partial charge on any atom is 0.429 e. The third kappa shape index (κ3) is 4.93. The Balaban J connectivity index is 1.71. The van der Waals surface area contributed by atoms with Crippen molar-refractivity contribution in [3.8, 4) is 16.9 Å². The standard InChI is InChI=1S/C27H19F9O/c1-13-5-7-26(2,8-6-13)14-9-18(28)22(19(29)10-14)16-3-4-17(24(33)23(16)32)27(35,36)37-15-11-20(30)25(34)21(31)12-15/h3-5,7,9-13H,6,8H2,1-2H3/t13?,26-/m1/s1. The fourth-order valence-corrected chi connectivity index (χ4v) is 4.25. The van der Waals surface area contributed by atoms with Gasteiger partial charge in [-0.3, -0.25) is 0 Å². The molecule has 10 heteroatoms. The second-order valence-electron chi connectivity index (χ2n) is 9.22. The molecule has 1 aliphatic rings. The zero-order chi connectivity index (χ0) is 27.3. The van der Waals surface area contributed by atoms with E-state index in [9.17, 15) is 30.7 Å². The van der Waals surface area contributed by atoms with Crippen molar-refractivity contribution in [1.82, 2.24) is 0 Å². The SMILES string of the molecule is CC1C=C[C@@](C)(c2cc(F)c(-c3ccc(C(F)(F)Oc4cc(F)c(F)c(F)c4)c(F)c3F)c(F)c2)CC1. The first-order valence-electron chi connectivity index (χ1n) is 11.1. The van der Waals surface area contributed by atoms with Gasteiger partial charge in [0.05, 0.1) is 5.56 Å². The lowest BCUT2D eigenvalue weighted by atomic mass is 9.72. The summed E-state index contributed by atoms with van der Waals surface area (Å²) in [6, 6.07) is 3.00. The number of ether oxygens (including phenoxy) is 1. The monoisotopic (exact) mass is 530 g/mol. The molecule has 0 radical (unpaired) electrons. The molecule has 0 fully saturated rings. The summed E-state index contributed by atoms with van der Waals surface area (Å²) in [4.78, 5) is 0. The van der Waals surface area contributed by atoms with Crippen LogP contribution in [-0.4, -0.2) is 0 Å². The molecule has 4 rings (SSSR count). The molecule has 196 valence electrons. The Morgan fingerprint density at radius 1 is 0.811 bits per heavy atom. The van der Waals surface area contributed by atoms with Crippen molar-refractivity contribution >= 4 is 0 Å². The zero-order valence-electron chi connectivity index (χ0n) is 19.4. The van der Waals surface area contributed by atoms with Gasteiger partial charge in [0, 0.05) is 23.1 Å². The topological polar surface area (TPSA) is 9.23 Å². The molecule has 0 heterocycles. The lowest BCUT2D eigenvalue weighted by molar-refractivity contribution is -0.187. The molecule has 2 atom stereocenters. The highest BCUT2D eigenvalue weighted by atomic mass is 19.3. The van der Waals surface area contributed by atoms with Crippen molar-refractivity contribution in [2.45, 2.75) is 38.2 Å². The molecule has 37 heavy (non-hydrogen) atoms. The fraction of sp³-hybridized carbons (Fsp3) is 0.259. The molecular weight excluding hydrogens is 511 g/mol. The normalized spacial score (nSPS) is 19.8. The van der Waals surface area contributed by atoms with Gasteiger partial charge in [0.15, 0.2) is 29.1 Å². The first-order valence-corrected chi connectivity index (χ1v) is 11.1. The quantitative estimate of drug-likeness (QED) is 0.182. The van der Waals surface area contributed by atoms with Gasteiger partial charge in [-0.05, 0) is 42.5 Å². The number of rotatable bonds is 5. The van der Waals surface area contributed by atoms with Crippen LogP contribution in [0.2, 0.25) is 0 Å². The van der Waals surface area contributed by atoms with E-state index < -0.39 is 74.7 Å². The van der Waals surface area contributed by atoms with Gasteiger partial charge in [-0.15, -0.1) is 0 Å². The van der Waals surface area contributed by atoms with Crippen LogP contribution in [0.5, 0.6) is 5.75 Å². The zero-order valence-corrected chi connectivity index (χ0v) is 19.4. The Labute approximate surface area is 206 Å². The molecule has 0 aliphatic heterocycles. The maximum atomic E-state index is 15.0. The van der Waals surface area contributed by atoms with Crippen LogP contribution in [0.25, 0.3) is 11.1 Å². The van der Waals surface area contributed by atoms with Crippen LogP contribution in [0.15, 0.2) is 48.6 Å². The summed E-state index contributed by atoms with van der Waals surface area (Å²) in [6.45, 7) is 3.77. The van der Waals surface area contributed by atoms with Crippen molar-refractivity contribution in [3.63, 3.8) is 0 Å². The predicted molar refractivity (Wildman–Crippen MR) is 117 cm³/mol. The number of benzene rings is 3. The minimum absolute atomic E-state index is 0.0872. The van der Waals surface area contributed by atoms with Gasteiger partial charge in [0.25, 0.3) is 0 Å². The van der Waals surface area contributed by atoms with E-state index in [0.717, 1.165) is 18.6 Å². The van der Waals surface area contributed by atoms with E-state index in [1.807, 2.05) is 19.1 Å². The van der Waals surface area contributed by atoms with E-state index in [0.29, 0.717) is 24.5 Å². The van der Waals surface area contributed by atoms with Crippen LogP contribution in [0.4, 0.5) is 39.5 Å². The minimum atomic E-state index is -4.69. The van der Waals surface area contributed by atoms with Crippen molar-refractivity contribution in [3.05, 3.63) is 100 Å². The van der Waals surface area contributed by atoms with Crippen molar-refractivity contribution < 1.29 is 44.3 Å². The highest BCUT2D eigenvalue weighted by molar-refractivity contribution is 5.67. The molecule has 1 aliphatic carbocycles.